The van der Waals surface area contributed by atoms with E-state index in [0.29, 0.717) is 5.56 Å². The van der Waals surface area contributed by atoms with Crippen molar-refractivity contribution in [2.75, 3.05) is 0 Å². The first kappa shape index (κ1) is 17.2. The van der Waals surface area contributed by atoms with E-state index in [0.717, 1.165) is 5.56 Å². The zero-order valence-electron chi connectivity index (χ0n) is 13.7. The number of benzene rings is 1. The maximum atomic E-state index is 12.2. The quantitative estimate of drug-likeness (QED) is 0.867. The minimum absolute atomic E-state index is 0.0470. The fourth-order valence-electron chi connectivity index (χ4n) is 1.79. The van der Waals surface area contributed by atoms with Gasteiger partial charge in [-0.1, -0.05) is 31.5 Å². The van der Waals surface area contributed by atoms with Gasteiger partial charge in [-0.25, -0.2) is 4.79 Å². The van der Waals surface area contributed by atoms with E-state index in [4.69, 9.17) is 4.74 Å². The average molecular weight is 291 g/mol. The summed E-state index contributed by atoms with van der Waals surface area (Å²) in [5.41, 5.74) is 1.05. The van der Waals surface area contributed by atoms with Crippen LogP contribution in [0.1, 0.15) is 50.5 Å². The van der Waals surface area contributed by atoms with E-state index in [1.807, 2.05) is 53.7 Å². The minimum Gasteiger partial charge on any atom is -0.458 e. The Labute approximate surface area is 126 Å². The summed E-state index contributed by atoms with van der Waals surface area (Å²) in [4.78, 5) is 24.4. The Kier molecular flexibility index (Phi) is 5.53. The van der Waals surface area contributed by atoms with Gasteiger partial charge in [0.1, 0.15) is 11.6 Å². The average Bonchev–Trinajstić information content (AvgIpc) is 2.33. The van der Waals surface area contributed by atoms with Gasteiger partial charge in [0.15, 0.2) is 0 Å². The van der Waals surface area contributed by atoms with Crippen LogP contribution >= 0.6 is 0 Å². The van der Waals surface area contributed by atoms with Crippen molar-refractivity contribution < 1.29 is 14.3 Å². The fourth-order valence-corrected chi connectivity index (χ4v) is 1.79. The molecule has 1 aromatic carbocycles. The highest BCUT2D eigenvalue weighted by Crippen LogP contribution is 2.13. The molecule has 4 heteroatoms. The van der Waals surface area contributed by atoms with Crippen molar-refractivity contribution in [2.24, 2.45) is 5.92 Å². The van der Waals surface area contributed by atoms with Gasteiger partial charge in [0.05, 0.1) is 0 Å². The van der Waals surface area contributed by atoms with Crippen molar-refractivity contribution in [3.8, 4) is 0 Å². The monoisotopic (exact) mass is 291 g/mol. The number of rotatable bonds is 4. The summed E-state index contributed by atoms with van der Waals surface area (Å²) in [6.45, 7) is 11.1. The summed E-state index contributed by atoms with van der Waals surface area (Å²) in [6, 6.07) is 6.58. The van der Waals surface area contributed by atoms with Crippen molar-refractivity contribution in [1.82, 2.24) is 5.32 Å². The molecule has 0 saturated heterocycles. The van der Waals surface area contributed by atoms with Crippen LogP contribution in [0.15, 0.2) is 24.3 Å². The zero-order valence-corrected chi connectivity index (χ0v) is 13.7. The second-order valence-electron chi connectivity index (χ2n) is 6.59. The number of amides is 1. The van der Waals surface area contributed by atoms with Gasteiger partial charge in [-0.05, 0) is 45.7 Å². The third-order valence-electron chi connectivity index (χ3n) is 2.93. The number of nitrogens with one attached hydrogen (secondary N) is 1. The molecule has 0 unspecified atom stereocenters. The molecule has 0 aliphatic carbocycles. The lowest BCUT2D eigenvalue weighted by molar-refractivity contribution is -0.158. The Morgan fingerprint density at radius 2 is 1.62 bits per heavy atom. The summed E-state index contributed by atoms with van der Waals surface area (Å²) in [7, 11) is 0. The molecule has 0 heterocycles. The molecule has 0 aliphatic heterocycles. The Balaban J connectivity index is 2.81. The molecule has 1 amide bonds. The Morgan fingerprint density at radius 1 is 1.10 bits per heavy atom. The molecule has 0 bridgehead atoms. The van der Waals surface area contributed by atoms with E-state index in [-0.39, 0.29) is 11.8 Å². The van der Waals surface area contributed by atoms with Crippen molar-refractivity contribution in [1.29, 1.82) is 0 Å². The van der Waals surface area contributed by atoms with Gasteiger partial charge < -0.3 is 10.1 Å². The smallest absolute Gasteiger partial charge is 0.329 e. The predicted octanol–water partition coefficient (Wildman–Crippen LogP) is 3.09. The van der Waals surface area contributed by atoms with Gasteiger partial charge in [-0.15, -0.1) is 0 Å². The third-order valence-corrected chi connectivity index (χ3v) is 2.93. The van der Waals surface area contributed by atoms with E-state index >= 15 is 0 Å². The van der Waals surface area contributed by atoms with Crippen LogP contribution in [-0.4, -0.2) is 23.5 Å². The lowest BCUT2D eigenvalue weighted by Gasteiger charge is -2.26. The fraction of sp³-hybridized carbons (Fsp3) is 0.529. The summed E-state index contributed by atoms with van der Waals surface area (Å²) < 4.78 is 5.36. The maximum absolute atomic E-state index is 12.2. The van der Waals surface area contributed by atoms with E-state index in [2.05, 4.69) is 5.32 Å². The maximum Gasteiger partial charge on any atom is 0.329 e. The van der Waals surface area contributed by atoms with Crippen molar-refractivity contribution in [3.63, 3.8) is 0 Å². The number of hydrogen-bond acceptors (Lipinski definition) is 3. The number of hydrogen-bond donors (Lipinski definition) is 1. The molecule has 0 fully saturated rings. The molecular formula is C17H25NO3. The number of esters is 1. The van der Waals surface area contributed by atoms with Gasteiger partial charge in [0.2, 0.25) is 0 Å². The van der Waals surface area contributed by atoms with Crippen LogP contribution in [0, 0.1) is 12.8 Å². The summed E-state index contributed by atoms with van der Waals surface area (Å²) >= 11 is 0. The molecule has 4 nitrogen and oxygen atoms in total. The molecular weight excluding hydrogens is 266 g/mol. The number of ether oxygens (including phenoxy) is 1. The van der Waals surface area contributed by atoms with Crippen molar-refractivity contribution >= 4 is 11.9 Å². The molecule has 0 spiro atoms. The SMILES string of the molecule is Cc1ccc(C(=O)N[C@H](C(=O)OC(C)(C)C)C(C)C)cc1. The van der Waals surface area contributed by atoms with E-state index < -0.39 is 17.6 Å². The van der Waals surface area contributed by atoms with Crippen LogP contribution in [-0.2, 0) is 9.53 Å². The molecule has 1 rings (SSSR count). The summed E-state index contributed by atoms with van der Waals surface area (Å²) in [6.07, 6.45) is 0. The van der Waals surface area contributed by atoms with Crippen LogP contribution in [0.2, 0.25) is 0 Å². The van der Waals surface area contributed by atoms with E-state index in [1.165, 1.54) is 0 Å². The molecule has 0 aliphatic rings. The third kappa shape index (κ3) is 5.58. The highest BCUT2D eigenvalue weighted by Gasteiger charge is 2.29. The number of carbonyl (C=O) groups excluding carboxylic acids is 2. The largest absolute Gasteiger partial charge is 0.458 e. The molecule has 1 N–H and O–H groups in total. The number of aryl methyl sites for hydroxylation is 1. The van der Waals surface area contributed by atoms with E-state index in [9.17, 15) is 9.59 Å². The first-order valence-electron chi connectivity index (χ1n) is 7.20. The zero-order chi connectivity index (χ0) is 16.2. The van der Waals surface area contributed by atoms with Crippen LogP contribution in [0.5, 0.6) is 0 Å². The van der Waals surface area contributed by atoms with Crippen LogP contribution in [0.3, 0.4) is 0 Å². The topological polar surface area (TPSA) is 55.4 Å². The lowest BCUT2D eigenvalue weighted by atomic mass is 10.0. The minimum atomic E-state index is -0.655. The van der Waals surface area contributed by atoms with Gasteiger partial charge >= 0.3 is 5.97 Å². The highest BCUT2D eigenvalue weighted by molar-refractivity contribution is 5.96. The highest BCUT2D eigenvalue weighted by atomic mass is 16.6. The standard InChI is InChI=1S/C17H25NO3/c1-11(2)14(16(20)21-17(4,5)6)18-15(19)13-9-7-12(3)8-10-13/h7-11,14H,1-6H3,(H,18,19)/t14-/m0/s1. The lowest BCUT2D eigenvalue weighted by Crippen LogP contribution is -2.47. The predicted molar refractivity (Wildman–Crippen MR) is 83.1 cm³/mol. The summed E-state index contributed by atoms with van der Waals surface area (Å²) in [5, 5.41) is 2.76. The van der Waals surface area contributed by atoms with Crippen LogP contribution < -0.4 is 5.32 Å². The molecule has 0 aromatic heterocycles. The Morgan fingerprint density at radius 3 is 2.05 bits per heavy atom. The van der Waals surface area contributed by atoms with Crippen molar-refractivity contribution in [3.05, 3.63) is 35.4 Å². The molecule has 0 saturated carbocycles. The summed E-state index contributed by atoms with van der Waals surface area (Å²) in [5.74, 6) is -0.716. The van der Waals surface area contributed by atoms with Gasteiger partial charge in [0, 0.05) is 5.56 Å². The van der Waals surface area contributed by atoms with E-state index in [1.54, 1.807) is 12.1 Å². The normalized spacial score (nSPS) is 12.9. The Hall–Kier alpha value is -1.84. The van der Waals surface area contributed by atoms with Crippen LogP contribution in [0.4, 0.5) is 0 Å². The van der Waals surface area contributed by atoms with Crippen LogP contribution in [0.25, 0.3) is 0 Å². The van der Waals surface area contributed by atoms with Gasteiger partial charge in [0.25, 0.3) is 5.91 Å². The molecule has 0 radical (unpaired) electrons. The molecule has 116 valence electrons. The number of carbonyl (C=O) groups is 2. The Bertz CT molecular complexity index is 498. The second-order valence-corrected chi connectivity index (χ2v) is 6.59. The molecule has 1 atom stereocenters. The first-order chi connectivity index (χ1) is 9.60. The second kappa shape index (κ2) is 6.74. The molecule has 21 heavy (non-hydrogen) atoms. The van der Waals surface area contributed by atoms with Gasteiger partial charge in [-0.3, -0.25) is 4.79 Å². The first-order valence-corrected chi connectivity index (χ1v) is 7.20. The van der Waals surface area contributed by atoms with Gasteiger partial charge in [-0.2, -0.15) is 0 Å². The van der Waals surface area contributed by atoms with Crippen molar-refractivity contribution in [2.45, 2.75) is 53.2 Å². The molecule has 1 aromatic rings.